The highest BCUT2D eigenvalue weighted by Gasteiger charge is 2.41. The van der Waals surface area contributed by atoms with Crippen LogP contribution in [0.3, 0.4) is 0 Å². The van der Waals surface area contributed by atoms with Crippen LogP contribution in [0.25, 0.3) is 0 Å². The molecule has 8 heteroatoms. The van der Waals surface area contributed by atoms with Crippen molar-refractivity contribution in [2.75, 3.05) is 14.2 Å². The van der Waals surface area contributed by atoms with Crippen LogP contribution in [0.2, 0.25) is 0 Å². The predicted octanol–water partition coefficient (Wildman–Crippen LogP) is 1.86. The Morgan fingerprint density at radius 1 is 1.32 bits per heavy atom. The molecule has 1 aliphatic carbocycles. The minimum absolute atomic E-state index is 0.0771. The van der Waals surface area contributed by atoms with Gasteiger partial charge in [-0.2, -0.15) is 5.26 Å². The molecule has 1 heterocycles. The summed E-state index contributed by atoms with van der Waals surface area (Å²) in [5, 5.41) is 11.2. The molecule has 8 nitrogen and oxygen atoms in total. The van der Waals surface area contributed by atoms with Crippen LogP contribution in [0.1, 0.15) is 37.7 Å². The van der Waals surface area contributed by atoms with Gasteiger partial charge < -0.3 is 15.2 Å². The summed E-state index contributed by atoms with van der Waals surface area (Å²) in [6.07, 6.45) is 1.57. The molecule has 0 bridgehead atoms. The van der Waals surface area contributed by atoms with Gasteiger partial charge in [0.05, 0.1) is 31.8 Å². The Morgan fingerprint density at radius 2 is 2.07 bits per heavy atom. The number of hydrogen-bond acceptors (Lipinski definition) is 7. The molecule has 2 aliphatic rings. The summed E-state index contributed by atoms with van der Waals surface area (Å²) in [4.78, 5) is 24.6. The van der Waals surface area contributed by atoms with Gasteiger partial charge in [0.25, 0.3) is 0 Å². The molecule has 1 amide bonds. The molecule has 0 radical (unpaired) electrons. The Morgan fingerprint density at radius 3 is 2.68 bits per heavy atom. The number of methoxy groups -OCH3 is 2. The van der Waals surface area contributed by atoms with Gasteiger partial charge in [-0.3, -0.25) is 15.0 Å². The van der Waals surface area contributed by atoms with E-state index in [1.165, 1.54) is 26.2 Å². The summed E-state index contributed by atoms with van der Waals surface area (Å²) >= 11 is 0. The number of Topliss-reactive ketones (excluding diaryl/α,β-unsaturated/α-hetero) is 1. The van der Waals surface area contributed by atoms with Crippen LogP contribution in [-0.4, -0.2) is 30.9 Å². The van der Waals surface area contributed by atoms with E-state index in [-0.39, 0.29) is 23.1 Å². The number of nitrogens with two attached hydrogens (primary N) is 1. The fraction of sp³-hybridized carbons (Fsp3) is 0.350. The van der Waals surface area contributed by atoms with Crippen molar-refractivity contribution in [2.24, 2.45) is 5.73 Å². The maximum Gasteiger partial charge on any atom is 0.235 e. The molecule has 1 aromatic carbocycles. The molecule has 28 heavy (non-hydrogen) atoms. The summed E-state index contributed by atoms with van der Waals surface area (Å²) in [6, 6.07) is 7.34. The Labute approximate surface area is 163 Å². The molecule has 0 saturated carbocycles. The minimum atomic E-state index is -0.692. The molecule has 0 fully saturated rings. The van der Waals surface area contributed by atoms with E-state index in [0.717, 1.165) is 0 Å². The SMILES string of the molecule is COc1ccc(OC)c(C2C(C#N)=C(N)N(NC(C)=O)C3=C2C(=O)CCC3)c1. The van der Waals surface area contributed by atoms with E-state index in [1.807, 2.05) is 0 Å². The van der Waals surface area contributed by atoms with Crippen LogP contribution in [-0.2, 0) is 9.59 Å². The standard InChI is InChI=1S/C20H22N4O4/c1-11(25)23-24-15-5-4-6-16(26)19(15)18(14(10-21)20(24)22)13-9-12(27-2)7-8-17(13)28-3/h7-9,18H,4-6,22H2,1-3H3,(H,23,25). The number of hydrogen-bond donors (Lipinski definition) is 2. The average molecular weight is 382 g/mol. The van der Waals surface area contributed by atoms with Gasteiger partial charge in [-0.15, -0.1) is 0 Å². The monoisotopic (exact) mass is 382 g/mol. The largest absolute Gasteiger partial charge is 0.497 e. The smallest absolute Gasteiger partial charge is 0.235 e. The van der Waals surface area contributed by atoms with E-state index >= 15 is 0 Å². The zero-order valence-corrected chi connectivity index (χ0v) is 16.0. The quantitative estimate of drug-likeness (QED) is 0.816. The number of nitrogens with zero attached hydrogens (tertiary/aromatic N) is 2. The highest BCUT2D eigenvalue weighted by molar-refractivity contribution is 6.00. The first-order chi connectivity index (χ1) is 13.4. The van der Waals surface area contributed by atoms with Crippen molar-refractivity contribution in [1.29, 1.82) is 5.26 Å². The lowest BCUT2D eigenvalue weighted by molar-refractivity contribution is -0.123. The van der Waals surface area contributed by atoms with Crippen molar-refractivity contribution in [1.82, 2.24) is 10.4 Å². The van der Waals surface area contributed by atoms with Gasteiger partial charge in [-0.05, 0) is 31.0 Å². The highest BCUT2D eigenvalue weighted by atomic mass is 16.5. The zero-order chi connectivity index (χ0) is 20.4. The lowest BCUT2D eigenvalue weighted by atomic mass is 9.75. The number of nitrogens with one attached hydrogen (secondary N) is 1. The second kappa shape index (κ2) is 7.64. The Balaban J connectivity index is 2.29. The second-order valence-electron chi connectivity index (χ2n) is 6.59. The third-order valence-electron chi connectivity index (χ3n) is 4.93. The second-order valence-corrected chi connectivity index (χ2v) is 6.59. The number of nitriles is 1. The predicted molar refractivity (Wildman–Crippen MR) is 101 cm³/mol. The van der Waals surface area contributed by atoms with E-state index in [9.17, 15) is 14.9 Å². The van der Waals surface area contributed by atoms with E-state index < -0.39 is 5.92 Å². The Kier molecular flexibility index (Phi) is 5.27. The van der Waals surface area contributed by atoms with Crippen LogP contribution in [0.5, 0.6) is 11.5 Å². The van der Waals surface area contributed by atoms with Crippen LogP contribution in [0, 0.1) is 11.3 Å². The molecule has 1 atom stereocenters. The molecule has 0 saturated heterocycles. The molecular weight excluding hydrogens is 360 g/mol. The number of ketones is 1. The first-order valence-corrected chi connectivity index (χ1v) is 8.88. The maximum atomic E-state index is 12.9. The van der Waals surface area contributed by atoms with E-state index in [2.05, 4.69) is 11.5 Å². The van der Waals surface area contributed by atoms with E-state index in [0.29, 0.717) is 47.6 Å². The van der Waals surface area contributed by atoms with Gasteiger partial charge in [0.1, 0.15) is 17.3 Å². The number of carbonyl (C=O) groups excluding carboxylic acids is 2. The molecule has 1 aliphatic heterocycles. The van der Waals surface area contributed by atoms with Crippen LogP contribution in [0.4, 0.5) is 0 Å². The molecule has 3 N–H and O–H groups in total. The lowest BCUT2D eigenvalue weighted by Crippen LogP contribution is -2.47. The van der Waals surface area contributed by atoms with E-state index in [1.54, 1.807) is 18.2 Å². The first-order valence-electron chi connectivity index (χ1n) is 8.88. The molecule has 0 spiro atoms. The van der Waals surface area contributed by atoms with Crippen molar-refractivity contribution in [2.45, 2.75) is 32.1 Å². The molecule has 1 unspecified atom stereocenters. The number of carbonyl (C=O) groups is 2. The summed E-state index contributed by atoms with van der Waals surface area (Å²) in [6.45, 7) is 1.35. The normalized spacial score (nSPS) is 19.1. The fourth-order valence-corrected chi connectivity index (χ4v) is 3.75. The highest BCUT2D eigenvalue weighted by Crippen LogP contribution is 2.47. The maximum absolute atomic E-state index is 12.9. The first kappa shape index (κ1) is 19.3. The van der Waals surface area contributed by atoms with Gasteiger partial charge in [0.15, 0.2) is 5.78 Å². The number of ether oxygens (including phenoxy) is 2. The van der Waals surface area contributed by atoms with Gasteiger partial charge in [0.2, 0.25) is 5.91 Å². The summed E-state index contributed by atoms with van der Waals surface area (Å²) in [7, 11) is 3.06. The summed E-state index contributed by atoms with van der Waals surface area (Å²) in [5.41, 5.74) is 10.8. The molecular formula is C20H22N4O4. The number of allylic oxidation sites excluding steroid dienone is 3. The van der Waals surface area contributed by atoms with Gasteiger partial charge >= 0.3 is 0 Å². The minimum Gasteiger partial charge on any atom is -0.497 e. The number of benzene rings is 1. The van der Waals surface area contributed by atoms with Crippen LogP contribution >= 0.6 is 0 Å². The molecule has 0 aromatic heterocycles. The summed E-state index contributed by atoms with van der Waals surface area (Å²) in [5.74, 6) is 0.0732. The fourth-order valence-electron chi connectivity index (χ4n) is 3.75. The molecule has 3 rings (SSSR count). The van der Waals surface area contributed by atoms with Crippen molar-refractivity contribution in [3.05, 3.63) is 46.4 Å². The topological polar surface area (TPSA) is 118 Å². The lowest BCUT2D eigenvalue weighted by Gasteiger charge is -2.39. The summed E-state index contributed by atoms with van der Waals surface area (Å²) < 4.78 is 10.8. The molecule has 1 aromatic rings. The van der Waals surface area contributed by atoms with Crippen molar-refractivity contribution in [3.63, 3.8) is 0 Å². The number of hydrazine groups is 1. The third kappa shape index (κ3) is 3.16. The Bertz CT molecular complexity index is 942. The Hall–Kier alpha value is -3.47. The average Bonchev–Trinajstić information content (AvgIpc) is 2.69. The van der Waals surface area contributed by atoms with Crippen molar-refractivity contribution in [3.8, 4) is 17.6 Å². The van der Waals surface area contributed by atoms with Crippen molar-refractivity contribution >= 4 is 11.7 Å². The van der Waals surface area contributed by atoms with Gasteiger partial charge in [0, 0.05) is 30.2 Å². The van der Waals surface area contributed by atoms with Crippen LogP contribution < -0.4 is 20.6 Å². The number of rotatable bonds is 4. The number of amides is 1. The van der Waals surface area contributed by atoms with E-state index in [4.69, 9.17) is 15.2 Å². The van der Waals surface area contributed by atoms with Crippen molar-refractivity contribution < 1.29 is 19.1 Å². The molecule has 146 valence electrons. The zero-order valence-electron chi connectivity index (χ0n) is 16.0. The van der Waals surface area contributed by atoms with Gasteiger partial charge in [-0.25, -0.2) is 5.01 Å². The van der Waals surface area contributed by atoms with Crippen LogP contribution in [0.15, 0.2) is 40.9 Å². The van der Waals surface area contributed by atoms with Gasteiger partial charge in [-0.1, -0.05) is 0 Å². The third-order valence-corrected chi connectivity index (χ3v) is 4.93.